The maximum Gasteiger partial charge on any atom is 0.253 e. The molecule has 2 fully saturated rings. The van der Waals surface area contributed by atoms with Crippen LogP contribution in [0.1, 0.15) is 39.0 Å². The van der Waals surface area contributed by atoms with E-state index in [0.717, 1.165) is 44.0 Å². The predicted molar refractivity (Wildman–Crippen MR) is 93.3 cm³/mol. The number of hydrogen-bond acceptors (Lipinski definition) is 5. The van der Waals surface area contributed by atoms with Crippen molar-refractivity contribution in [2.24, 2.45) is 0 Å². The lowest BCUT2D eigenvalue weighted by Gasteiger charge is -2.24. The summed E-state index contributed by atoms with van der Waals surface area (Å²) in [5, 5.41) is 2.97. The van der Waals surface area contributed by atoms with Gasteiger partial charge in [0.2, 0.25) is 0 Å². The summed E-state index contributed by atoms with van der Waals surface area (Å²) in [6, 6.07) is 3.74. The van der Waals surface area contributed by atoms with Crippen molar-refractivity contribution in [1.29, 1.82) is 0 Å². The summed E-state index contributed by atoms with van der Waals surface area (Å²) in [7, 11) is 0. The maximum absolute atomic E-state index is 12.4. The first-order chi connectivity index (χ1) is 11.7. The Morgan fingerprint density at radius 1 is 1.42 bits per heavy atom. The average molecular weight is 333 g/mol. The monoisotopic (exact) mass is 333 g/mol. The Kier molecular flexibility index (Phi) is 6.04. The summed E-state index contributed by atoms with van der Waals surface area (Å²) >= 11 is 0. The number of nitrogens with zero attached hydrogens (tertiary/aromatic N) is 2. The summed E-state index contributed by atoms with van der Waals surface area (Å²) in [4.78, 5) is 19.1. The summed E-state index contributed by atoms with van der Waals surface area (Å²) in [5.41, 5.74) is 0.758. The first-order valence-corrected chi connectivity index (χ1v) is 8.98. The fourth-order valence-corrected chi connectivity index (χ4v) is 3.18. The van der Waals surface area contributed by atoms with Gasteiger partial charge >= 0.3 is 0 Å². The van der Waals surface area contributed by atoms with Crippen LogP contribution in [0, 0.1) is 0 Å². The molecule has 0 unspecified atom stereocenters. The van der Waals surface area contributed by atoms with Gasteiger partial charge in [-0.15, -0.1) is 0 Å². The molecule has 0 spiro atoms. The van der Waals surface area contributed by atoms with E-state index in [0.29, 0.717) is 6.61 Å². The van der Waals surface area contributed by atoms with Crippen molar-refractivity contribution in [3.8, 4) is 0 Å². The number of amides is 1. The van der Waals surface area contributed by atoms with E-state index in [-0.39, 0.29) is 12.0 Å². The van der Waals surface area contributed by atoms with Gasteiger partial charge in [-0.3, -0.25) is 4.79 Å². The second-order valence-electron chi connectivity index (χ2n) is 6.52. The number of rotatable bonds is 6. The third-order valence-corrected chi connectivity index (χ3v) is 4.63. The molecule has 2 aliphatic rings. The molecule has 2 saturated heterocycles. The Hall–Kier alpha value is -1.66. The minimum atomic E-state index is -0.512. The SMILES string of the molecule is C[C@H](OC[C@@H]1CCCCO1)C(=O)Nc1cccnc1N1CCCC1. The van der Waals surface area contributed by atoms with Crippen molar-refractivity contribution in [2.45, 2.75) is 51.2 Å². The predicted octanol–water partition coefficient (Wildman–Crippen LogP) is 2.59. The van der Waals surface area contributed by atoms with Gasteiger partial charge in [-0.1, -0.05) is 0 Å². The Morgan fingerprint density at radius 2 is 2.25 bits per heavy atom. The van der Waals surface area contributed by atoms with Crippen LogP contribution in [0.3, 0.4) is 0 Å². The number of carbonyl (C=O) groups excluding carboxylic acids is 1. The van der Waals surface area contributed by atoms with Crippen LogP contribution in [0.4, 0.5) is 11.5 Å². The highest BCUT2D eigenvalue weighted by molar-refractivity contribution is 5.96. The lowest BCUT2D eigenvalue weighted by molar-refractivity contribution is -0.130. The van der Waals surface area contributed by atoms with Crippen LogP contribution < -0.4 is 10.2 Å². The third kappa shape index (κ3) is 4.45. The van der Waals surface area contributed by atoms with Gasteiger partial charge in [-0.25, -0.2) is 4.98 Å². The molecule has 132 valence electrons. The standard InChI is InChI=1S/C18H27N3O3/c1-14(24-13-15-7-2-5-12-23-15)18(22)20-16-8-6-9-19-17(16)21-10-3-4-11-21/h6,8-9,14-15H,2-5,7,10-13H2,1H3,(H,20,22)/t14-,15-/m0/s1. The van der Waals surface area contributed by atoms with Crippen LogP contribution in [0.25, 0.3) is 0 Å². The molecular weight excluding hydrogens is 306 g/mol. The van der Waals surface area contributed by atoms with Gasteiger partial charge < -0.3 is 19.7 Å². The molecule has 0 aliphatic carbocycles. The highest BCUT2D eigenvalue weighted by atomic mass is 16.5. The van der Waals surface area contributed by atoms with E-state index in [9.17, 15) is 4.79 Å². The van der Waals surface area contributed by atoms with Crippen LogP contribution in [-0.4, -0.2) is 49.4 Å². The molecule has 2 aliphatic heterocycles. The number of aromatic nitrogens is 1. The van der Waals surface area contributed by atoms with Crippen molar-refractivity contribution in [3.63, 3.8) is 0 Å². The Balaban J connectivity index is 1.54. The van der Waals surface area contributed by atoms with Crippen molar-refractivity contribution >= 4 is 17.4 Å². The quantitative estimate of drug-likeness (QED) is 0.867. The van der Waals surface area contributed by atoms with E-state index in [2.05, 4.69) is 15.2 Å². The molecule has 0 bridgehead atoms. The van der Waals surface area contributed by atoms with Crippen LogP contribution in [0.15, 0.2) is 18.3 Å². The molecule has 24 heavy (non-hydrogen) atoms. The minimum absolute atomic E-state index is 0.118. The van der Waals surface area contributed by atoms with E-state index in [1.54, 1.807) is 13.1 Å². The minimum Gasteiger partial charge on any atom is -0.376 e. The normalized spacial score (nSPS) is 22.4. The second-order valence-corrected chi connectivity index (χ2v) is 6.52. The Labute approximate surface area is 143 Å². The highest BCUT2D eigenvalue weighted by Crippen LogP contribution is 2.26. The fraction of sp³-hybridized carbons (Fsp3) is 0.667. The first-order valence-electron chi connectivity index (χ1n) is 8.98. The van der Waals surface area contributed by atoms with Crippen LogP contribution in [0.5, 0.6) is 0 Å². The largest absolute Gasteiger partial charge is 0.376 e. The van der Waals surface area contributed by atoms with Gasteiger partial charge in [0.05, 0.1) is 18.4 Å². The van der Waals surface area contributed by atoms with Crippen molar-refractivity contribution in [3.05, 3.63) is 18.3 Å². The number of pyridine rings is 1. The van der Waals surface area contributed by atoms with E-state index < -0.39 is 6.10 Å². The molecular formula is C18H27N3O3. The molecule has 6 nitrogen and oxygen atoms in total. The molecule has 1 amide bonds. The van der Waals surface area contributed by atoms with Crippen LogP contribution >= 0.6 is 0 Å². The number of hydrogen-bond donors (Lipinski definition) is 1. The average Bonchev–Trinajstić information content (AvgIpc) is 3.15. The van der Waals surface area contributed by atoms with Gasteiger partial charge in [-0.2, -0.15) is 0 Å². The van der Waals surface area contributed by atoms with Crippen molar-refractivity contribution in [1.82, 2.24) is 4.98 Å². The van der Waals surface area contributed by atoms with E-state index in [4.69, 9.17) is 9.47 Å². The summed E-state index contributed by atoms with van der Waals surface area (Å²) in [5.74, 6) is 0.713. The molecule has 2 atom stereocenters. The molecule has 0 radical (unpaired) electrons. The summed E-state index contributed by atoms with van der Waals surface area (Å²) < 4.78 is 11.3. The zero-order valence-electron chi connectivity index (χ0n) is 14.4. The number of ether oxygens (including phenoxy) is 2. The maximum atomic E-state index is 12.4. The summed E-state index contributed by atoms with van der Waals surface area (Å²) in [6.45, 7) is 5.03. The topological polar surface area (TPSA) is 63.7 Å². The molecule has 1 aromatic rings. The molecule has 1 aromatic heterocycles. The zero-order chi connectivity index (χ0) is 16.8. The third-order valence-electron chi connectivity index (χ3n) is 4.63. The van der Waals surface area contributed by atoms with Gasteiger partial charge in [0.25, 0.3) is 5.91 Å². The number of anilines is 2. The fourth-order valence-electron chi connectivity index (χ4n) is 3.18. The smallest absolute Gasteiger partial charge is 0.253 e. The first kappa shape index (κ1) is 17.2. The van der Waals surface area contributed by atoms with Crippen molar-refractivity contribution in [2.75, 3.05) is 36.5 Å². The van der Waals surface area contributed by atoms with Gasteiger partial charge in [0.1, 0.15) is 6.10 Å². The molecule has 3 rings (SSSR count). The van der Waals surface area contributed by atoms with Gasteiger partial charge in [-0.05, 0) is 51.2 Å². The number of carbonyl (C=O) groups is 1. The van der Waals surface area contributed by atoms with E-state index >= 15 is 0 Å². The van der Waals surface area contributed by atoms with Crippen LogP contribution in [-0.2, 0) is 14.3 Å². The lowest BCUT2D eigenvalue weighted by atomic mass is 10.1. The zero-order valence-corrected chi connectivity index (χ0v) is 14.4. The molecule has 0 saturated carbocycles. The second kappa shape index (κ2) is 8.44. The summed E-state index contributed by atoms with van der Waals surface area (Å²) in [6.07, 6.45) is 7.01. The van der Waals surface area contributed by atoms with Gasteiger partial charge in [0.15, 0.2) is 5.82 Å². The van der Waals surface area contributed by atoms with E-state index in [1.807, 2.05) is 12.1 Å². The Bertz CT molecular complexity index is 540. The molecule has 6 heteroatoms. The van der Waals surface area contributed by atoms with E-state index in [1.165, 1.54) is 19.3 Å². The van der Waals surface area contributed by atoms with Gasteiger partial charge in [0, 0.05) is 25.9 Å². The number of nitrogens with one attached hydrogen (secondary N) is 1. The molecule has 0 aromatic carbocycles. The Morgan fingerprint density at radius 3 is 3.00 bits per heavy atom. The highest BCUT2D eigenvalue weighted by Gasteiger charge is 2.22. The molecule has 3 heterocycles. The molecule has 1 N–H and O–H groups in total. The van der Waals surface area contributed by atoms with Crippen molar-refractivity contribution < 1.29 is 14.3 Å². The lowest BCUT2D eigenvalue weighted by Crippen LogP contribution is -2.33. The van der Waals surface area contributed by atoms with Crippen LogP contribution in [0.2, 0.25) is 0 Å².